The minimum Gasteiger partial charge on any atom is -0.356 e. The lowest BCUT2D eigenvalue weighted by Gasteiger charge is -2.31. The maximum absolute atomic E-state index is 11.7. The predicted octanol–water partition coefficient (Wildman–Crippen LogP) is 3.51. The van der Waals surface area contributed by atoms with Crippen LogP contribution in [-0.4, -0.2) is 30.4 Å². The van der Waals surface area contributed by atoms with E-state index in [2.05, 4.69) is 41.6 Å². The lowest BCUT2D eigenvalue weighted by molar-refractivity contribution is -0.121. The number of amides is 1. The van der Waals surface area contributed by atoms with Gasteiger partial charge < -0.3 is 5.32 Å². The van der Waals surface area contributed by atoms with Crippen molar-refractivity contribution < 1.29 is 4.79 Å². The number of carbonyl (C=O) groups excluding carboxylic acids is 1. The summed E-state index contributed by atoms with van der Waals surface area (Å²) < 4.78 is 0. The molecule has 21 heavy (non-hydrogen) atoms. The molecule has 0 radical (unpaired) electrons. The van der Waals surface area contributed by atoms with Crippen LogP contribution in [0.2, 0.25) is 0 Å². The fourth-order valence-electron chi connectivity index (χ4n) is 2.74. The summed E-state index contributed by atoms with van der Waals surface area (Å²) in [6, 6.07) is 4.34. The zero-order valence-corrected chi connectivity index (χ0v) is 14.1. The van der Waals surface area contributed by atoms with Crippen LogP contribution in [0.4, 0.5) is 0 Å². The number of likely N-dealkylation sites (tertiary alicyclic amines) is 1. The van der Waals surface area contributed by atoms with E-state index in [4.69, 9.17) is 0 Å². The maximum atomic E-state index is 11.7. The van der Waals surface area contributed by atoms with Crippen LogP contribution in [0.1, 0.15) is 44.4 Å². The molecule has 1 fully saturated rings. The highest BCUT2D eigenvalue weighted by Crippen LogP contribution is 2.20. The van der Waals surface area contributed by atoms with Crippen LogP contribution in [0.3, 0.4) is 0 Å². The summed E-state index contributed by atoms with van der Waals surface area (Å²) in [6.07, 6.45) is 4.08. The lowest BCUT2D eigenvalue weighted by Crippen LogP contribution is -2.38. The topological polar surface area (TPSA) is 32.3 Å². The average molecular weight is 308 g/mol. The van der Waals surface area contributed by atoms with Gasteiger partial charge in [-0.2, -0.15) is 0 Å². The number of piperidine rings is 1. The number of hydrogen-bond donors (Lipinski definition) is 1. The molecule has 2 rings (SSSR count). The third kappa shape index (κ3) is 6.18. The largest absolute Gasteiger partial charge is 0.356 e. The van der Waals surface area contributed by atoms with Crippen molar-refractivity contribution in [3.8, 4) is 0 Å². The van der Waals surface area contributed by atoms with Crippen molar-refractivity contribution in [1.82, 2.24) is 10.2 Å². The molecule has 1 aromatic heterocycles. The van der Waals surface area contributed by atoms with E-state index in [0.717, 1.165) is 32.6 Å². The van der Waals surface area contributed by atoms with Gasteiger partial charge in [-0.1, -0.05) is 19.9 Å². The minimum absolute atomic E-state index is 0.227. The lowest BCUT2D eigenvalue weighted by atomic mass is 9.96. The molecule has 4 heteroatoms. The average Bonchev–Trinajstić information content (AvgIpc) is 2.97. The summed E-state index contributed by atoms with van der Waals surface area (Å²) in [5, 5.41) is 5.26. The fourth-order valence-corrected chi connectivity index (χ4v) is 3.48. The quantitative estimate of drug-likeness (QED) is 0.836. The molecule has 1 aromatic rings. The van der Waals surface area contributed by atoms with Crippen LogP contribution >= 0.6 is 11.3 Å². The highest BCUT2D eigenvalue weighted by molar-refractivity contribution is 7.09. The number of thiophene rings is 1. The molecule has 0 bridgehead atoms. The Morgan fingerprint density at radius 2 is 2.19 bits per heavy atom. The Balaban J connectivity index is 1.59. The van der Waals surface area contributed by atoms with E-state index >= 15 is 0 Å². The van der Waals surface area contributed by atoms with Crippen molar-refractivity contribution in [1.29, 1.82) is 0 Å². The zero-order valence-electron chi connectivity index (χ0n) is 13.3. The van der Waals surface area contributed by atoms with Gasteiger partial charge in [-0.25, -0.2) is 0 Å². The Kier molecular flexibility index (Phi) is 6.71. The molecule has 1 aliphatic heterocycles. The predicted molar refractivity (Wildman–Crippen MR) is 89.4 cm³/mol. The van der Waals surface area contributed by atoms with Crippen LogP contribution < -0.4 is 5.32 Å². The number of hydrogen-bond acceptors (Lipinski definition) is 3. The molecule has 0 saturated carbocycles. The van der Waals surface area contributed by atoms with E-state index in [0.29, 0.717) is 18.3 Å². The van der Waals surface area contributed by atoms with Crippen molar-refractivity contribution in [3.63, 3.8) is 0 Å². The van der Waals surface area contributed by atoms with Gasteiger partial charge in [0.05, 0.1) is 0 Å². The van der Waals surface area contributed by atoms with E-state index in [1.807, 2.05) is 11.3 Å². The van der Waals surface area contributed by atoms with Gasteiger partial charge in [0.15, 0.2) is 0 Å². The Hall–Kier alpha value is -0.870. The first kappa shape index (κ1) is 16.5. The minimum atomic E-state index is 0.227. The van der Waals surface area contributed by atoms with E-state index < -0.39 is 0 Å². The molecular formula is C17H28N2OS. The molecule has 0 aliphatic carbocycles. The smallest absolute Gasteiger partial charge is 0.220 e. The van der Waals surface area contributed by atoms with Crippen molar-refractivity contribution in [2.24, 2.45) is 11.8 Å². The van der Waals surface area contributed by atoms with Gasteiger partial charge in [-0.05, 0) is 55.6 Å². The number of nitrogens with zero attached hydrogens (tertiary/aromatic N) is 1. The zero-order chi connectivity index (χ0) is 15.1. The van der Waals surface area contributed by atoms with Crippen molar-refractivity contribution in [2.75, 3.05) is 19.6 Å². The van der Waals surface area contributed by atoms with E-state index in [-0.39, 0.29) is 5.91 Å². The van der Waals surface area contributed by atoms with Gasteiger partial charge in [0.2, 0.25) is 5.91 Å². The summed E-state index contributed by atoms with van der Waals surface area (Å²) in [5.41, 5.74) is 0. The van der Waals surface area contributed by atoms with Crippen molar-refractivity contribution in [3.05, 3.63) is 22.4 Å². The number of rotatable bonds is 7. The first-order valence-electron chi connectivity index (χ1n) is 8.15. The second kappa shape index (κ2) is 8.54. The van der Waals surface area contributed by atoms with Gasteiger partial charge in [-0.15, -0.1) is 11.3 Å². The second-order valence-electron chi connectivity index (χ2n) is 6.54. The summed E-state index contributed by atoms with van der Waals surface area (Å²) >= 11 is 1.84. The molecule has 0 unspecified atom stereocenters. The van der Waals surface area contributed by atoms with Crippen LogP contribution in [0.25, 0.3) is 0 Å². The van der Waals surface area contributed by atoms with E-state index in [9.17, 15) is 4.79 Å². The Morgan fingerprint density at radius 1 is 1.43 bits per heavy atom. The maximum Gasteiger partial charge on any atom is 0.220 e. The van der Waals surface area contributed by atoms with Gasteiger partial charge >= 0.3 is 0 Å². The standard InChI is InChI=1S/C17H28N2OS/c1-14(2)5-6-17(20)18-12-15-7-9-19(10-8-15)13-16-4-3-11-21-16/h3-4,11,14-15H,5-10,12-13H2,1-2H3,(H,18,20). The SMILES string of the molecule is CC(C)CCC(=O)NCC1CCN(Cc2cccs2)CC1. The third-order valence-corrected chi connectivity index (χ3v) is 5.06. The number of carbonyl (C=O) groups is 1. The molecular weight excluding hydrogens is 280 g/mol. The van der Waals surface area contributed by atoms with E-state index in [1.54, 1.807) is 0 Å². The summed E-state index contributed by atoms with van der Waals surface area (Å²) in [6.45, 7) is 8.59. The molecule has 2 heterocycles. The first-order chi connectivity index (χ1) is 10.1. The second-order valence-corrected chi connectivity index (χ2v) is 7.57. The normalized spacial score (nSPS) is 17.3. The highest BCUT2D eigenvalue weighted by Gasteiger charge is 2.19. The summed E-state index contributed by atoms with van der Waals surface area (Å²) in [5.74, 6) is 1.49. The molecule has 3 nitrogen and oxygen atoms in total. The molecule has 1 amide bonds. The molecule has 1 aliphatic rings. The van der Waals surface area contributed by atoms with Crippen molar-refractivity contribution in [2.45, 2.75) is 46.1 Å². The summed E-state index contributed by atoms with van der Waals surface area (Å²) in [7, 11) is 0. The molecule has 118 valence electrons. The monoisotopic (exact) mass is 308 g/mol. The Labute approximate surface area is 132 Å². The molecule has 0 spiro atoms. The number of nitrogens with one attached hydrogen (secondary N) is 1. The van der Waals surface area contributed by atoms with Crippen LogP contribution in [0, 0.1) is 11.8 Å². The first-order valence-corrected chi connectivity index (χ1v) is 9.03. The van der Waals surface area contributed by atoms with Crippen LogP contribution in [-0.2, 0) is 11.3 Å². The van der Waals surface area contributed by atoms with Crippen molar-refractivity contribution >= 4 is 17.2 Å². The molecule has 0 atom stereocenters. The molecule has 1 N–H and O–H groups in total. The van der Waals surface area contributed by atoms with E-state index in [1.165, 1.54) is 17.7 Å². The van der Waals surface area contributed by atoms with Gasteiger partial charge in [0.1, 0.15) is 0 Å². The Bertz CT molecular complexity index is 408. The fraction of sp³-hybridized carbons (Fsp3) is 0.706. The molecule has 1 saturated heterocycles. The highest BCUT2D eigenvalue weighted by atomic mass is 32.1. The van der Waals surface area contributed by atoms with Crippen LogP contribution in [0.5, 0.6) is 0 Å². The van der Waals surface area contributed by atoms with Gasteiger partial charge in [0.25, 0.3) is 0 Å². The Morgan fingerprint density at radius 3 is 2.81 bits per heavy atom. The third-order valence-electron chi connectivity index (χ3n) is 4.20. The summed E-state index contributed by atoms with van der Waals surface area (Å²) in [4.78, 5) is 15.7. The molecule has 0 aromatic carbocycles. The van der Waals surface area contributed by atoms with Gasteiger partial charge in [0, 0.05) is 24.4 Å². The van der Waals surface area contributed by atoms with Crippen LogP contribution in [0.15, 0.2) is 17.5 Å². The van der Waals surface area contributed by atoms with Gasteiger partial charge in [-0.3, -0.25) is 9.69 Å².